The van der Waals surface area contributed by atoms with Crippen LogP contribution in [0.4, 0.5) is 0 Å². The van der Waals surface area contributed by atoms with Gasteiger partial charge in [-0.3, -0.25) is 4.79 Å². The highest BCUT2D eigenvalue weighted by Crippen LogP contribution is 2.23. The standard InChI is InChI=1S/C12H17NO2/c1-8-5-9(2)11(7-13-10(3)14)12(6-8)15-4/h5-6H,7H2,1-4H3,(H,13,14). The van der Waals surface area contributed by atoms with Crippen molar-refractivity contribution in [2.45, 2.75) is 27.3 Å². The summed E-state index contributed by atoms with van der Waals surface area (Å²) in [5.41, 5.74) is 3.34. The summed E-state index contributed by atoms with van der Waals surface area (Å²) < 4.78 is 5.29. The van der Waals surface area contributed by atoms with E-state index in [4.69, 9.17) is 4.74 Å². The molecule has 1 amide bonds. The third-order valence-electron chi connectivity index (χ3n) is 2.31. The molecule has 0 saturated heterocycles. The molecule has 0 aliphatic heterocycles. The van der Waals surface area contributed by atoms with Crippen molar-refractivity contribution in [1.82, 2.24) is 5.32 Å². The average molecular weight is 207 g/mol. The van der Waals surface area contributed by atoms with Crippen LogP contribution in [0.1, 0.15) is 23.6 Å². The monoisotopic (exact) mass is 207 g/mol. The summed E-state index contributed by atoms with van der Waals surface area (Å²) in [5.74, 6) is 0.804. The number of hydrogen-bond donors (Lipinski definition) is 1. The Bertz CT molecular complexity index is 372. The molecule has 0 bridgehead atoms. The molecule has 0 radical (unpaired) electrons. The van der Waals surface area contributed by atoms with Crippen LogP contribution >= 0.6 is 0 Å². The molecule has 0 aromatic heterocycles. The van der Waals surface area contributed by atoms with Crippen molar-refractivity contribution in [2.75, 3.05) is 7.11 Å². The minimum absolute atomic E-state index is 0.0305. The SMILES string of the molecule is COc1cc(C)cc(C)c1CNC(C)=O. The predicted octanol–water partition coefficient (Wildman–Crippen LogP) is 1.95. The van der Waals surface area contributed by atoms with E-state index in [0.29, 0.717) is 6.54 Å². The van der Waals surface area contributed by atoms with Crippen LogP contribution in [-0.4, -0.2) is 13.0 Å². The maximum Gasteiger partial charge on any atom is 0.217 e. The number of rotatable bonds is 3. The van der Waals surface area contributed by atoms with Crippen molar-refractivity contribution >= 4 is 5.91 Å². The summed E-state index contributed by atoms with van der Waals surface area (Å²) in [7, 11) is 1.64. The molecular formula is C12H17NO2. The van der Waals surface area contributed by atoms with Crippen molar-refractivity contribution in [1.29, 1.82) is 0 Å². The highest BCUT2D eigenvalue weighted by atomic mass is 16.5. The number of ether oxygens (including phenoxy) is 1. The number of benzene rings is 1. The summed E-state index contributed by atoms with van der Waals surface area (Å²) in [6.45, 7) is 6.07. The molecule has 1 N–H and O–H groups in total. The molecular weight excluding hydrogens is 190 g/mol. The number of amides is 1. The van der Waals surface area contributed by atoms with Crippen molar-refractivity contribution in [2.24, 2.45) is 0 Å². The lowest BCUT2D eigenvalue weighted by molar-refractivity contribution is -0.119. The zero-order chi connectivity index (χ0) is 11.4. The van der Waals surface area contributed by atoms with Crippen LogP contribution in [0, 0.1) is 13.8 Å². The first-order valence-corrected chi connectivity index (χ1v) is 4.93. The van der Waals surface area contributed by atoms with Gasteiger partial charge in [-0.25, -0.2) is 0 Å². The van der Waals surface area contributed by atoms with E-state index in [2.05, 4.69) is 11.4 Å². The Morgan fingerprint density at radius 1 is 1.40 bits per heavy atom. The highest BCUT2D eigenvalue weighted by Gasteiger charge is 2.07. The lowest BCUT2D eigenvalue weighted by atomic mass is 10.0. The fourth-order valence-electron chi connectivity index (χ4n) is 1.58. The zero-order valence-electron chi connectivity index (χ0n) is 9.68. The van der Waals surface area contributed by atoms with Crippen LogP contribution in [-0.2, 0) is 11.3 Å². The van der Waals surface area contributed by atoms with E-state index in [1.807, 2.05) is 19.9 Å². The lowest BCUT2D eigenvalue weighted by Gasteiger charge is -2.13. The Balaban J connectivity index is 2.98. The third-order valence-corrected chi connectivity index (χ3v) is 2.31. The molecule has 0 atom stereocenters. The van der Waals surface area contributed by atoms with Crippen LogP contribution in [0.25, 0.3) is 0 Å². The van der Waals surface area contributed by atoms with E-state index in [-0.39, 0.29) is 5.91 Å². The van der Waals surface area contributed by atoms with Gasteiger partial charge in [0.15, 0.2) is 0 Å². The van der Waals surface area contributed by atoms with Crippen LogP contribution in [0.5, 0.6) is 5.75 Å². The Morgan fingerprint density at radius 3 is 2.60 bits per heavy atom. The van der Waals surface area contributed by atoms with Gasteiger partial charge >= 0.3 is 0 Å². The van der Waals surface area contributed by atoms with E-state index >= 15 is 0 Å². The molecule has 1 rings (SSSR count). The van der Waals surface area contributed by atoms with Gasteiger partial charge in [0.05, 0.1) is 7.11 Å². The van der Waals surface area contributed by atoms with Gasteiger partial charge in [-0.2, -0.15) is 0 Å². The normalized spacial score (nSPS) is 9.87. The van der Waals surface area contributed by atoms with Gasteiger partial charge in [-0.1, -0.05) is 6.07 Å². The summed E-state index contributed by atoms with van der Waals surface area (Å²) in [6, 6.07) is 4.06. The molecule has 3 heteroatoms. The molecule has 0 unspecified atom stereocenters. The van der Waals surface area contributed by atoms with Crippen molar-refractivity contribution in [3.63, 3.8) is 0 Å². The summed E-state index contributed by atoms with van der Waals surface area (Å²) in [4.78, 5) is 10.8. The number of carbonyl (C=O) groups excluding carboxylic acids is 1. The second-order valence-electron chi connectivity index (χ2n) is 3.67. The van der Waals surface area contributed by atoms with E-state index in [1.54, 1.807) is 7.11 Å². The quantitative estimate of drug-likeness (QED) is 0.822. The fraction of sp³-hybridized carbons (Fsp3) is 0.417. The van der Waals surface area contributed by atoms with Gasteiger partial charge in [0.1, 0.15) is 5.75 Å². The zero-order valence-corrected chi connectivity index (χ0v) is 9.68. The van der Waals surface area contributed by atoms with Gasteiger partial charge in [-0.15, -0.1) is 0 Å². The van der Waals surface area contributed by atoms with E-state index in [0.717, 1.165) is 22.4 Å². The molecule has 15 heavy (non-hydrogen) atoms. The number of nitrogens with one attached hydrogen (secondary N) is 1. The topological polar surface area (TPSA) is 38.3 Å². The average Bonchev–Trinajstić information content (AvgIpc) is 2.14. The van der Waals surface area contributed by atoms with Crippen molar-refractivity contribution in [3.8, 4) is 5.75 Å². The maximum atomic E-state index is 10.8. The first-order valence-electron chi connectivity index (χ1n) is 4.93. The molecule has 1 aromatic carbocycles. The van der Waals surface area contributed by atoms with Crippen LogP contribution < -0.4 is 10.1 Å². The minimum Gasteiger partial charge on any atom is -0.496 e. The Hall–Kier alpha value is -1.51. The Kier molecular flexibility index (Phi) is 3.72. The van der Waals surface area contributed by atoms with Gasteiger partial charge in [0.25, 0.3) is 0 Å². The smallest absolute Gasteiger partial charge is 0.217 e. The molecule has 3 nitrogen and oxygen atoms in total. The number of methoxy groups -OCH3 is 1. The third kappa shape index (κ3) is 2.98. The summed E-state index contributed by atoms with van der Waals surface area (Å²) >= 11 is 0. The van der Waals surface area contributed by atoms with Gasteiger partial charge in [-0.05, 0) is 31.0 Å². The number of carbonyl (C=O) groups is 1. The lowest BCUT2D eigenvalue weighted by Crippen LogP contribution is -2.20. The Morgan fingerprint density at radius 2 is 2.07 bits per heavy atom. The highest BCUT2D eigenvalue weighted by molar-refractivity contribution is 5.73. The van der Waals surface area contributed by atoms with Crippen LogP contribution in [0.15, 0.2) is 12.1 Å². The maximum absolute atomic E-state index is 10.8. The van der Waals surface area contributed by atoms with Crippen LogP contribution in [0.2, 0.25) is 0 Å². The van der Waals surface area contributed by atoms with Gasteiger partial charge in [0, 0.05) is 19.0 Å². The summed E-state index contributed by atoms with van der Waals surface area (Å²) in [6.07, 6.45) is 0. The summed E-state index contributed by atoms with van der Waals surface area (Å²) in [5, 5.41) is 2.78. The van der Waals surface area contributed by atoms with Crippen LogP contribution in [0.3, 0.4) is 0 Å². The second-order valence-corrected chi connectivity index (χ2v) is 3.67. The molecule has 0 fully saturated rings. The second kappa shape index (κ2) is 4.82. The van der Waals surface area contributed by atoms with Crippen molar-refractivity contribution in [3.05, 3.63) is 28.8 Å². The first-order chi connectivity index (χ1) is 7.04. The Labute approximate surface area is 90.4 Å². The minimum atomic E-state index is -0.0305. The predicted molar refractivity (Wildman–Crippen MR) is 60.0 cm³/mol. The van der Waals surface area contributed by atoms with E-state index in [1.165, 1.54) is 6.92 Å². The first kappa shape index (κ1) is 11.6. The molecule has 0 heterocycles. The molecule has 0 aliphatic rings. The van der Waals surface area contributed by atoms with E-state index in [9.17, 15) is 4.79 Å². The van der Waals surface area contributed by atoms with E-state index < -0.39 is 0 Å². The molecule has 0 saturated carbocycles. The van der Waals surface area contributed by atoms with Crippen molar-refractivity contribution < 1.29 is 9.53 Å². The molecule has 1 aromatic rings. The molecule has 82 valence electrons. The largest absolute Gasteiger partial charge is 0.496 e. The molecule has 0 spiro atoms. The van der Waals surface area contributed by atoms with Gasteiger partial charge in [0.2, 0.25) is 5.91 Å². The number of aryl methyl sites for hydroxylation is 2. The van der Waals surface area contributed by atoms with Gasteiger partial charge < -0.3 is 10.1 Å². The molecule has 0 aliphatic carbocycles. The fourth-order valence-corrected chi connectivity index (χ4v) is 1.58. The number of hydrogen-bond acceptors (Lipinski definition) is 2.